The first-order valence-corrected chi connectivity index (χ1v) is 7.47. The number of benzene rings is 1. The van der Waals surface area contributed by atoms with Gasteiger partial charge in [-0.05, 0) is 34.1 Å². The van der Waals surface area contributed by atoms with Crippen molar-refractivity contribution in [1.82, 2.24) is 4.98 Å². The largest absolute Gasteiger partial charge is 0.493 e. The lowest BCUT2D eigenvalue weighted by Crippen LogP contribution is -2.42. The lowest BCUT2D eigenvalue weighted by molar-refractivity contribution is -0.145. The van der Waals surface area contributed by atoms with Crippen LogP contribution in [0.4, 0.5) is 0 Å². The van der Waals surface area contributed by atoms with Crippen LogP contribution in [-0.2, 0) is 16.6 Å². The second-order valence-corrected chi connectivity index (χ2v) is 6.04. The van der Waals surface area contributed by atoms with Crippen LogP contribution in [0.25, 0.3) is 0 Å². The summed E-state index contributed by atoms with van der Waals surface area (Å²) in [6, 6.07) is 11.1. The molecule has 0 saturated carbocycles. The summed E-state index contributed by atoms with van der Waals surface area (Å²) < 4.78 is 6.47. The van der Waals surface area contributed by atoms with Gasteiger partial charge < -0.3 is 9.84 Å². The van der Waals surface area contributed by atoms with Crippen LogP contribution in [0, 0.1) is 0 Å². The molecule has 5 heteroatoms. The molecule has 108 valence electrons. The topological polar surface area (TPSA) is 59.4 Å². The summed E-state index contributed by atoms with van der Waals surface area (Å²) >= 11 is 3.34. The number of pyridine rings is 1. The summed E-state index contributed by atoms with van der Waals surface area (Å²) in [5.41, 5.74) is 0.515. The molecule has 1 aromatic heterocycles. The molecule has 0 spiro atoms. The fourth-order valence-electron chi connectivity index (χ4n) is 2.76. The number of hydrogen-bond donors (Lipinski definition) is 1. The molecule has 3 rings (SSSR count). The number of carboxylic acid groups (broad SMARTS) is 1. The van der Waals surface area contributed by atoms with Crippen LogP contribution < -0.4 is 4.74 Å². The van der Waals surface area contributed by atoms with Crippen molar-refractivity contribution in [2.45, 2.75) is 18.3 Å². The molecule has 0 bridgehead atoms. The van der Waals surface area contributed by atoms with E-state index in [0.29, 0.717) is 25.2 Å². The summed E-state index contributed by atoms with van der Waals surface area (Å²) in [5, 5.41) is 9.86. The van der Waals surface area contributed by atoms with Gasteiger partial charge in [0, 0.05) is 34.8 Å². The van der Waals surface area contributed by atoms with Crippen LogP contribution in [0.2, 0.25) is 0 Å². The molecule has 2 heterocycles. The smallest absolute Gasteiger partial charge is 0.314 e. The fraction of sp³-hybridized carbons (Fsp3) is 0.250. The van der Waals surface area contributed by atoms with Crippen LogP contribution in [0.15, 0.2) is 47.1 Å². The van der Waals surface area contributed by atoms with Gasteiger partial charge in [-0.2, -0.15) is 0 Å². The Morgan fingerprint density at radius 2 is 2.14 bits per heavy atom. The van der Waals surface area contributed by atoms with E-state index in [1.807, 2.05) is 36.4 Å². The van der Waals surface area contributed by atoms with Crippen LogP contribution >= 0.6 is 15.9 Å². The molecule has 21 heavy (non-hydrogen) atoms. The molecule has 2 aromatic rings. The Hall–Kier alpha value is -1.88. The van der Waals surface area contributed by atoms with Crippen molar-refractivity contribution in [3.8, 4) is 5.75 Å². The van der Waals surface area contributed by atoms with Crippen LogP contribution in [0.5, 0.6) is 5.75 Å². The van der Waals surface area contributed by atoms with Crippen LogP contribution in [-0.4, -0.2) is 22.7 Å². The van der Waals surface area contributed by atoms with Crippen LogP contribution in [0.1, 0.15) is 17.7 Å². The quantitative estimate of drug-likeness (QED) is 0.926. The van der Waals surface area contributed by atoms with Gasteiger partial charge in [0.25, 0.3) is 0 Å². The predicted molar refractivity (Wildman–Crippen MR) is 81.5 cm³/mol. The van der Waals surface area contributed by atoms with Gasteiger partial charge in [-0.15, -0.1) is 0 Å². The van der Waals surface area contributed by atoms with E-state index in [1.54, 1.807) is 6.20 Å². The monoisotopic (exact) mass is 347 g/mol. The Bertz CT molecular complexity index is 671. The third-order valence-electron chi connectivity index (χ3n) is 3.87. The highest BCUT2D eigenvalue weighted by molar-refractivity contribution is 9.10. The third-order valence-corrected chi connectivity index (χ3v) is 4.34. The van der Waals surface area contributed by atoms with E-state index < -0.39 is 11.4 Å². The van der Waals surface area contributed by atoms with Gasteiger partial charge in [0.15, 0.2) is 0 Å². The van der Waals surface area contributed by atoms with E-state index >= 15 is 0 Å². The molecule has 1 atom stereocenters. The van der Waals surface area contributed by atoms with Gasteiger partial charge >= 0.3 is 5.97 Å². The fourth-order valence-corrected chi connectivity index (χ4v) is 2.99. The molecule has 0 saturated heterocycles. The summed E-state index contributed by atoms with van der Waals surface area (Å²) in [4.78, 5) is 16.3. The van der Waals surface area contributed by atoms with Crippen LogP contribution in [0.3, 0.4) is 0 Å². The van der Waals surface area contributed by atoms with E-state index in [-0.39, 0.29) is 0 Å². The Morgan fingerprint density at radius 3 is 2.86 bits per heavy atom. The summed E-state index contributed by atoms with van der Waals surface area (Å²) in [6.45, 7) is 0.403. The van der Waals surface area contributed by atoms with Crippen molar-refractivity contribution in [3.05, 3.63) is 58.3 Å². The number of aromatic nitrogens is 1. The van der Waals surface area contributed by atoms with Gasteiger partial charge in [0.05, 0.1) is 6.61 Å². The molecule has 0 radical (unpaired) electrons. The molecule has 1 N–H and O–H groups in total. The number of hydrogen-bond acceptors (Lipinski definition) is 3. The highest BCUT2D eigenvalue weighted by Gasteiger charge is 2.45. The first-order valence-electron chi connectivity index (χ1n) is 6.68. The number of ether oxygens (including phenoxy) is 1. The van der Waals surface area contributed by atoms with E-state index in [9.17, 15) is 9.90 Å². The summed E-state index contributed by atoms with van der Waals surface area (Å²) in [6.07, 6.45) is 2.49. The van der Waals surface area contributed by atoms with Gasteiger partial charge in [-0.1, -0.05) is 18.2 Å². The van der Waals surface area contributed by atoms with Gasteiger partial charge in [-0.3, -0.25) is 9.78 Å². The molecule has 1 unspecified atom stereocenters. The zero-order chi connectivity index (χ0) is 14.9. The Morgan fingerprint density at radius 1 is 1.33 bits per heavy atom. The molecule has 0 amide bonds. The van der Waals surface area contributed by atoms with E-state index in [1.165, 1.54) is 0 Å². The van der Waals surface area contributed by atoms with E-state index in [4.69, 9.17) is 4.74 Å². The van der Waals surface area contributed by atoms with Gasteiger partial charge in [0.1, 0.15) is 11.2 Å². The first-order chi connectivity index (χ1) is 10.1. The number of para-hydroxylation sites is 1. The average molecular weight is 348 g/mol. The first kappa shape index (κ1) is 14.1. The molecule has 1 aromatic carbocycles. The molecule has 1 aliphatic heterocycles. The Kier molecular flexibility index (Phi) is 3.68. The zero-order valence-electron chi connectivity index (χ0n) is 11.3. The van der Waals surface area contributed by atoms with Gasteiger partial charge in [0.2, 0.25) is 0 Å². The van der Waals surface area contributed by atoms with Crippen molar-refractivity contribution >= 4 is 21.9 Å². The highest BCUT2D eigenvalue weighted by atomic mass is 79.9. The number of nitrogens with zero attached hydrogens (tertiary/aromatic N) is 1. The van der Waals surface area contributed by atoms with Crippen molar-refractivity contribution in [2.75, 3.05) is 6.61 Å². The molecule has 0 fully saturated rings. The third kappa shape index (κ3) is 2.53. The minimum Gasteiger partial charge on any atom is -0.493 e. The number of rotatable bonds is 3. The summed E-state index contributed by atoms with van der Waals surface area (Å²) in [5.74, 6) is -0.175. The Labute approximate surface area is 130 Å². The molecule has 4 nitrogen and oxygen atoms in total. The second-order valence-electron chi connectivity index (χ2n) is 5.13. The standard InChI is InChI=1S/C16H14BrNO3/c17-11-5-6-12(18-10-11)9-16(15(19)20)7-8-21-14-4-2-1-3-13(14)16/h1-6,10H,7-9H2,(H,19,20). The SMILES string of the molecule is O=C(O)C1(Cc2ccc(Br)cn2)CCOc2ccccc21. The molecular weight excluding hydrogens is 334 g/mol. The zero-order valence-corrected chi connectivity index (χ0v) is 12.8. The predicted octanol–water partition coefficient (Wildman–Crippen LogP) is 3.19. The average Bonchev–Trinajstić information content (AvgIpc) is 2.50. The lowest BCUT2D eigenvalue weighted by Gasteiger charge is -2.35. The van der Waals surface area contributed by atoms with Crippen molar-refractivity contribution in [2.24, 2.45) is 0 Å². The van der Waals surface area contributed by atoms with Crippen molar-refractivity contribution < 1.29 is 14.6 Å². The number of halogens is 1. The second kappa shape index (κ2) is 5.48. The number of carbonyl (C=O) groups is 1. The summed E-state index contributed by atoms with van der Waals surface area (Å²) in [7, 11) is 0. The maximum Gasteiger partial charge on any atom is 0.314 e. The van der Waals surface area contributed by atoms with Crippen molar-refractivity contribution in [3.63, 3.8) is 0 Å². The van der Waals surface area contributed by atoms with E-state index in [2.05, 4.69) is 20.9 Å². The molecule has 0 aliphatic carbocycles. The molecule has 1 aliphatic rings. The number of aliphatic carboxylic acids is 1. The maximum atomic E-state index is 12.0. The lowest BCUT2D eigenvalue weighted by atomic mass is 9.72. The molecular formula is C16H14BrNO3. The minimum atomic E-state index is -0.977. The minimum absolute atomic E-state index is 0.357. The normalized spacial score (nSPS) is 20.4. The Balaban J connectivity index is 2.05. The number of carboxylic acids is 1. The number of fused-ring (bicyclic) bond motifs is 1. The van der Waals surface area contributed by atoms with Gasteiger partial charge in [-0.25, -0.2) is 0 Å². The maximum absolute atomic E-state index is 12.0. The highest BCUT2D eigenvalue weighted by Crippen LogP contribution is 2.41. The van der Waals surface area contributed by atoms with E-state index in [0.717, 1.165) is 15.7 Å². The van der Waals surface area contributed by atoms with Crippen molar-refractivity contribution in [1.29, 1.82) is 0 Å².